The average Bonchev–Trinajstić information content (AvgIpc) is 3.09. The Bertz CT molecular complexity index is 1090. The number of esters is 1. The number of cyclic esters (lactones) is 1. The standard InChI is InChI=1S/C22H21IN2O6/c1-4-5-9-30-20-16(23)10-14(12-19(20)29-3)11-17-22(26)31-21(24-17)15-7-6-8-18(13(15)2)25(27)28/h6-8,10-12H,4-5,9H2,1-3H3/b17-11-. The highest BCUT2D eigenvalue weighted by Crippen LogP contribution is 2.35. The molecule has 0 unspecified atom stereocenters. The first-order chi connectivity index (χ1) is 14.8. The first-order valence-electron chi connectivity index (χ1n) is 9.63. The van der Waals surface area contributed by atoms with Gasteiger partial charge in [-0.2, -0.15) is 0 Å². The SMILES string of the molecule is CCCCOc1c(I)cc(/C=C2\N=C(c3cccc([N+](=O)[O-])c3C)OC2=O)cc1OC. The lowest BCUT2D eigenvalue weighted by Crippen LogP contribution is -2.08. The molecule has 31 heavy (non-hydrogen) atoms. The van der Waals surface area contributed by atoms with E-state index in [0.717, 1.165) is 16.4 Å². The van der Waals surface area contributed by atoms with E-state index in [-0.39, 0.29) is 17.3 Å². The number of nitro groups is 1. The summed E-state index contributed by atoms with van der Waals surface area (Å²) in [7, 11) is 1.56. The third-order valence-corrected chi connectivity index (χ3v) is 5.45. The molecule has 2 aromatic carbocycles. The molecule has 0 N–H and O–H groups in total. The maximum atomic E-state index is 12.4. The molecular formula is C22H21IN2O6. The number of carbonyl (C=O) groups excluding carboxylic acids is 1. The Morgan fingerprint density at radius 3 is 2.77 bits per heavy atom. The summed E-state index contributed by atoms with van der Waals surface area (Å²) < 4.78 is 17.4. The summed E-state index contributed by atoms with van der Waals surface area (Å²) in [5.41, 5.74) is 1.50. The topological polar surface area (TPSA) is 100 Å². The number of unbranched alkanes of at least 4 members (excludes halogenated alkanes) is 1. The van der Waals surface area contributed by atoms with Crippen LogP contribution in [0.2, 0.25) is 0 Å². The number of carbonyl (C=O) groups is 1. The molecule has 0 fully saturated rings. The van der Waals surface area contributed by atoms with Crippen molar-refractivity contribution in [3.05, 3.63) is 66.4 Å². The van der Waals surface area contributed by atoms with Gasteiger partial charge in [0.1, 0.15) is 0 Å². The number of nitro benzene ring substituents is 1. The average molecular weight is 536 g/mol. The monoisotopic (exact) mass is 536 g/mol. The van der Waals surface area contributed by atoms with Crippen LogP contribution in [-0.4, -0.2) is 30.5 Å². The number of halogens is 1. The van der Waals surface area contributed by atoms with Gasteiger partial charge in [-0.3, -0.25) is 10.1 Å². The van der Waals surface area contributed by atoms with Crippen LogP contribution in [0.15, 0.2) is 41.0 Å². The van der Waals surface area contributed by atoms with Crippen molar-refractivity contribution in [1.29, 1.82) is 0 Å². The second kappa shape index (κ2) is 9.90. The smallest absolute Gasteiger partial charge is 0.363 e. The van der Waals surface area contributed by atoms with Gasteiger partial charge < -0.3 is 14.2 Å². The van der Waals surface area contributed by atoms with E-state index in [2.05, 4.69) is 34.5 Å². The molecule has 3 rings (SSSR count). The fourth-order valence-electron chi connectivity index (χ4n) is 3.02. The first-order valence-corrected chi connectivity index (χ1v) is 10.7. The molecule has 0 amide bonds. The molecule has 0 radical (unpaired) electrons. The largest absolute Gasteiger partial charge is 0.493 e. The number of hydrogen-bond donors (Lipinski definition) is 0. The zero-order valence-electron chi connectivity index (χ0n) is 17.3. The number of hydrogen-bond acceptors (Lipinski definition) is 7. The van der Waals surface area contributed by atoms with Crippen molar-refractivity contribution in [2.75, 3.05) is 13.7 Å². The lowest BCUT2D eigenvalue weighted by atomic mass is 10.1. The number of ether oxygens (including phenoxy) is 3. The van der Waals surface area contributed by atoms with Crippen LogP contribution in [0.1, 0.15) is 36.5 Å². The molecule has 1 aliphatic rings. The van der Waals surface area contributed by atoms with Gasteiger partial charge in [-0.05, 0) is 65.8 Å². The lowest BCUT2D eigenvalue weighted by Gasteiger charge is -2.13. The maximum absolute atomic E-state index is 12.4. The van der Waals surface area contributed by atoms with E-state index in [1.807, 2.05) is 6.07 Å². The van der Waals surface area contributed by atoms with Crippen molar-refractivity contribution in [3.8, 4) is 11.5 Å². The molecule has 0 saturated heterocycles. The molecular weight excluding hydrogens is 515 g/mol. The van der Waals surface area contributed by atoms with Gasteiger partial charge in [0.15, 0.2) is 17.2 Å². The third-order valence-electron chi connectivity index (χ3n) is 4.65. The van der Waals surface area contributed by atoms with Crippen molar-refractivity contribution >= 4 is 46.2 Å². The van der Waals surface area contributed by atoms with Crippen LogP contribution in [0.4, 0.5) is 5.69 Å². The molecule has 0 aliphatic carbocycles. The van der Waals surface area contributed by atoms with Crippen LogP contribution in [0, 0.1) is 20.6 Å². The van der Waals surface area contributed by atoms with Crippen LogP contribution < -0.4 is 9.47 Å². The van der Waals surface area contributed by atoms with Crippen LogP contribution in [0.5, 0.6) is 11.5 Å². The summed E-state index contributed by atoms with van der Waals surface area (Å²) >= 11 is 2.16. The highest BCUT2D eigenvalue weighted by Gasteiger charge is 2.27. The van der Waals surface area contributed by atoms with Crippen molar-refractivity contribution in [1.82, 2.24) is 0 Å². The summed E-state index contributed by atoms with van der Waals surface area (Å²) in [5.74, 6) is 0.626. The molecule has 0 atom stereocenters. The van der Waals surface area contributed by atoms with Crippen LogP contribution in [-0.2, 0) is 9.53 Å². The highest BCUT2D eigenvalue weighted by molar-refractivity contribution is 14.1. The predicted molar refractivity (Wildman–Crippen MR) is 125 cm³/mol. The van der Waals surface area contributed by atoms with E-state index in [4.69, 9.17) is 14.2 Å². The van der Waals surface area contributed by atoms with Crippen molar-refractivity contribution in [3.63, 3.8) is 0 Å². The summed E-state index contributed by atoms with van der Waals surface area (Å²) in [6, 6.07) is 8.17. The van der Waals surface area contributed by atoms with Gasteiger partial charge in [0, 0.05) is 17.2 Å². The summed E-state index contributed by atoms with van der Waals surface area (Å²) in [6.07, 6.45) is 3.55. The number of nitrogens with zero attached hydrogens (tertiary/aromatic N) is 2. The second-order valence-electron chi connectivity index (χ2n) is 6.78. The van der Waals surface area contributed by atoms with Gasteiger partial charge in [-0.15, -0.1) is 0 Å². The van der Waals surface area contributed by atoms with E-state index in [9.17, 15) is 14.9 Å². The number of rotatable bonds is 8. The normalized spacial score (nSPS) is 14.4. The Morgan fingerprint density at radius 2 is 2.10 bits per heavy atom. The van der Waals surface area contributed by atoms with E-state index in [0.29, 0.717) is 34.8 Å². The molecule has 1 heterocycles. The van der Waals surface area contributed by atoms with Gasteiger partial charge in [-0.1, -0.05) is 19.4 Å². The van der Waals surface area contributed by atoms with Gasteiger partial charge in [0.25, 0.3) is 5.69 Å². The molecule has 8 nitrogen and oxygen atoms in total. The minimum Gasteiger partial charge on any atom is -0.493 e. The lowest BCUT2D eigenvalue weighted by molar-refractivity contribution is -0.385. The quantitative estimate of drug-likeness (QED) is 0.117. The zero-order chi connectivity index (χ0) is 22.5. The first kappa shape index (κ1) is 22.7. The van der Waals surface area contributed by atoms with E-state index < -0.39 is 10.9 Å². The van der Waals surface area contributed by atoms with Crippen LogP contribution in [0.3, 0.4) is 0 Å². The van der Waals surface area contributed by atoms with E-state index in [1.165, 1.54) is 12.1 Å². The molecule has 2 aromatic rings. The van der Waals surface area contributed by atoms with E-state index >= 15 is 0 Å². The number of methoxy groups -OCH3 is 1. The Kier molecular flexibility index (Phi) is 7.26. The van der Waals surface area contributed by atoms with E-state index in [1.54, 1.807) is 32.2 Å². The minimum atomic E-state index is -0.627. The van der Waals surface area contributed by atoms with Gasteiger partial charge >= 0.3 is 5.97 Å². The summed E-state index contributed by atoms with van der Waals surface area (Å²) in [4.78, 5) is 27.4. The predicted octanol–water partition coefficient (Wildman–Crippen LogP) is 5.04. The Hall–Kier alpha value is -2.95. The molecule has 1 aliphatic heterocycles. The molecule has 0 spiro atoms. The second-order valence-corrected chi connectivity index (χ2v) is 7.94. The van der Waals surface area contributed by atoms with Crippen LogP contribution in [0.25, 0.3) is 6.08 Å². The van der Waals surface area contributed by atoms with Gasteiger partial charge in [-0.25, -0.2) is 9.79 Å². The fourth-order valence-corrected chi connectivity index (χ4v) is 3.80. The Morgan fingerprint density at radius 1 is 1.32 bits per heavy atom. The zero-order valence-corrected chi connectivity index (χ0v) is 19.5. The molecule has 9 heteroatoms. The Labute approximate surface area is 193 Å². The van der Waals surface area contributed by atoms with Crippen molar-refractivity contribution in [2.45, 2.75) is 26.7 Å². The summed E-state index contributed by atoms with van der Waals surface area (Å²) in [5, 5.41) is 11.2. The third kappa shape index (κ3) is 5.04. The minimum absolute atomic E-state index is 0.0404. The fraction of sp³-hybridized carbons (Fsp3) is 0.273. The van der Waals surface area contributed by atoms with Crippen molar-refractivity contribution < 1.29 is 23.9 Å². The highest BCUT2D eigenvalue weighted by atomic mass is 127. The maximum Gasteiger partial charge on any atom is 0.363 e. The van der Waals surface area contributed by atoms with Crippen molar-refractivity contribution in [2.24, 2.45) is 4.99 Å². The summed E-state index contributed by atoms with van der Waals surface area (Å²) in [6.45, 7) is 4.27. The molecule has 0 saturated carbocycles. The van der Waals surface area contributed by atoms with Gasteiger partial charge in [0.05, 0.1) is 22.2 Å². The van der Waals surface area contributed by atoms with Crippen LogP contribution >= 0.6 is 22.6 Å². The molecule has 162 valence electrons. The van der Waals surface area contributed by atoms with Gasteiger partial charge in [0.2, 0.25) is 5.90 Å². The molecule has 0 aromatic heterocycles. The number of aliphatic imine (C=N–C) groups is 1. The molecule has 0 bridgehead atoms. The Balaban J connectivity index is 1.95. The number of benzene rings is 2.